The van der Waals surface area contributed by atoms with Gasteiger partial charge in [0.1, 0.15) is 0 Å². The Kier molecular flexibility index (Phi) is 6.40. The Morgan fingerprint density at radius 2 is 1.91 bits per heavy atom. The molecular formula is C17H25N2O3+. The van der Waals surface area contributed by atoms with Crippen LogP contribution >= 0.6 is 0 Å². The molecule has 0 aliphatic carbocycles. The fourth-order valence-electron chi connectivity index (χ4n) is 2.89. The van der Waals surface area contributed by atoms with Crippen LogP contribution in [0.2, 0.25) is 0 Å². The van der Waals surface area contributed by atoms with Crippen LogP contribution in [-0.2, 0) is 20.7 Å². The van der Waals surface area contributed by atoms with Crippen molar-refractivity contribution >= 4 is 11.9 Å². The molecule has 120 valence electrons. The highest BCUT2D eigenvalue weighted by Gasteiger charge is 2.28. The van der Waals surface area contributed by atoms with E-state index in [1.165, 1.54) is 17.6 Å². The van der Waals surface area contributed by atoms with Crippen LogP contribution in [0.1, 0.15) is 18.4 Å². The second-order valence-corrected chi connectivity index (χ2v) is 5.81. The highest BCUT2D eigenvalue weighted by molar-refractivity contribution is 5.76. The topological polar surface area (TPSA) is 59.8 Å². The van der Waals surface area contributed by atoms with Crippen LogP contribution < -0.4 is 10.2 Å². The van der Waals surface area contributed by atoms with Crippen LogP contribution in [0.3, 0.4) is 0 Å². The summed E-state index contributed by atoms with van der Waals surface area (Å²) >= 11 is 0. The molecule has 5 heteroatoms. The molecule has 0 radical (unpaired) electrons. The standard InChI is InChI=1S/C17H24N2O3/c1-22-17(21)15-8-11-19(12-9-15)13-16(20)18-10-7-14-5-3-2-4-6-14/h2-6,15H,7-13H2,1H3,(H,18,20)/p+1. The fourth-order valence-corrected chi connectivity index (χ4v) is 2.89. The summed E-state index contributed by atoms with van der Waals surface area (Å²) in [5.74, 6) is -0.0243. The average molecular weight is 305 g/mol. The van der Waals surface area contributed by atoms with E-state index in [1.807, 2.05) is 18.2 Å². The molecule has 1 aliphatic rings. The maximum absolute atomic E-state index is 11.9. The van der Waals surface area contributed by atoms with Gasteiger partial charge in [-0.05, 0) is 12.0 Å². The van der Waals surface area contributed by atoms with Crippen molar-refractivity contribution in [3.8, 4) is 0 Å². The van der Waals surface area contributed by atoms with Crippen molar-refractivity contribution in [3.63, 3.8) is 0 Å². The highest BCUT2D eigenvalue weighted by Crippen LogP contribution is 2.10. The minimum atomic E-state index is -0.119. The van der Waals surface area contributed by atoms with E-state index in [0.717, 1.165) is 32.4 Å². The molecule has 0 aromatic heterocycles. The summed E-state index contributed by atoms with van der Waals surface area (Å²) in [5, 5.41) is 2.97. The van der Waals surface area contributed by atoms with Gasteiger partial charge >= 0.3 is 5.97 Å². The zero-order chi connectivity index (χ0) is 15.8. The summed E-state index contributed by atoms with van der Waals surface area (Å²) < 4.78 is 4.77. The fraction of sp³-hybridized carbons (Fsp3) is 0.529. The number of hydrogen-bond acceptors (Lipinski definition) is 3. The molecule has 5 nitrogen and oxygen atoms in total. The van der Waals surface area contributed by atoms with Gasteiger partial charge in [0, 0.05) is 19.4 Å². The van der Waals surface area contributed by atoms with Gasteiger partial charge in [0.25, 0.3) is 5.91 Å². The van der Waals surface area contributed by atoms with Crippen LogP contribution in [0, 0.1) is 5.92 Å². The second-order valence-electron chi connectivity index (χ2n) is 5.81. The Morgan fingerprint density at radius 1 is 1.23 bits per heavy atom. The number of esters is 1. The first kappa shape index (κ1) is 16.5. The smallest absolute Gasteiger partial charge is 0.309 e. The third-order valence-electron chi connectivity index (χ3n) is 4.22. The Morgan fingerprint density at radius 3 is 2.55 bits per heavy atom. The van der Waals surface area contributed by atoms with Gasteiger partial charge in [-0.15, -0.1) is 0 Å². The van der Waals surface area contributed by atoms with E-state index in [1.54, 1.807) is 0 Å². The lowest BCUT2D eigenvalue weighted by Gasteiger charge is -2.27. The van der Waals surface area contributed by atoms with E-state index in [9.17, 15) is 9.59 Å². The number of amides is 1. The third-order valence-corrected chi connectivity index (χ3v) is 4.22. The van der Waals surface area contributed by atoms with Gasteiger partial charge in [0.05, 0.1) is 26.1 Å². The number of benzene rings is 1. The number of carbonyl (C=O) groups is 2. The molecule has 0 bridgehead atoms. The molecule has 1 amide bonds. The summed E-state index contributed by atoms with van der Waals surface area (Å²) in [4.78, 5) is 24.7. The van der Waals surface area contributed by atoms with Crippen molar-refractivity contribution in [2.75, 3.05) is 33.3 Å². The van der Waals surface area contributed by atoms with Crippen LogP contribution in [-0.4, -0.2) is 45.2 Å². The van der Waals surface area contributed by atoms with Crippen LogP contribution in [0.4, 0.5) is 0 Å². The quantitative estimate of drug-likeness (QED) is 0.717. The van der Waals surface area contributed by atoms with Crippen LogP contribution in [0.15, 0.2) is 30.3 Å². The number of methoxy groups -OCH3 is 1. The Labute approximate surface area is 131 Å². The van der Waals surface area contributed by atoms with Gasteiger partial charge in [-0.25, -0.2) is 0 Å². The number of ether oxygens (including phenoxy) is 1. The third kappa shape index (κ3) is 5.15. The van der Waals surface area contributed by atoms with Gasteiger partial charge in [0.2, 0.25) is 0 Å². The molecular weight excluding hydrogens is 280 g/mol. The van der Waals surface area contributed by atoms with E-state index in [0.29, 0.717) is 13.1 Å². The number of carbonyl (C=O) groups excluding carboxylic acids is 2. The molecule has 1 heterocycles. The normalized spacial score (nSPS) is 21.1. The molecule has 1 fully saturated rings. The van der Waals surface area contributed by atoms with E-state index >= 15 is 0 Å². The van der Waals surface area contributed by atoms with Crippen molar-refractivity contribution in [2.24, 2.45) is 5.92 Å². The number of piperidine rings is 1. The average Bonchev–Trinajstić information content (AvgIpc) is 2.56. The van der Waals surface area contributed by atoms with Crippen LogP contribution in [0.25, 0.3) is 0 Å². The van der Waals surface area contributed by atoms with Gasteiger partial charge in [0.15, 0.2) is 6.54 Å². The predicted octanol–water partition coefficient (Wildman–Crippen LogP) is -0.187. The second kappa shape index (κ2) is 8.54. The maximum atomic E-state index is 11.9. The summed E-state index contributed by atoms with van der Waals surface area (Å²) in [5.41, 5.74) is 1.23. The molecule has 0 saturated carbocycles. The Balaban J connectivity index is 1.63. The first-order valence-electron chi connectivity index (χ1n) is 7.91. The maximum Gasteiger partial charge on any atom is 0.309 e. The zero-order valence-electron chi connectivity index (χ0n) is 13.1. The first-order chi connectivity index (χ1) is 10.7. The van der Waals surface area contributed by atoms with Gasteiger partial charge < -0.3 is 15.0 Å². The van der Waals surface area contributed by atoms with Crippen molar-refractivity contribution in [2.45, 2.75) is 19.3 Å². The molecule has 1 aromatic carbocycles. The molecule has 2 N–H and O–H groups in total. The summed E-state index contributed by atoms with van der Waals surface area (Å²) in [6, 6.07) is 10.1. The first-order valence-corrected chi connectivity index (χ1v) is 7.91. The number of hydrogen-bond donors (Lipinski definition) is 2. The number of quaternary nitrogens is 1. The van der Waals surface area contributed by atoms with Crippen LogP contribution in [0.5, 0.6) is 0 Å². The van der Waals surface area contributed by atoms with E-state index in [2.05, 4.69) is 17.4 Å². The minimum Gasteiger partial charge on any atom is -0.469 e. The van der Waals surface area contributed by atoms with Gasteiger partial charge in [-0.1, -0.05) is 30.3 Å². The molecule has 2 rings (SSSR count). The van der Waals surface area contributed by atoms with Crippen molar-refractivity contribution in [3.05, 3.63) is 35.9 Å². The number of rotatable bonds is 6. The van der Waals surface area contributed by atoms with Gasteiger partial charge in [-0.2, -0.15) is 0 Å². The van der Waals surface area contributed by atoms with E-state index < -0.39 is 0 Å². The molecule has 0 unspecified atom stereocenters. The Bertz CT molecular complexity index is 482. The van der Waals surface area contributed by atoms with Crippen molar-refractivity contribution < 1.29 is 19.2 Å². The van der Waals surface area contributed by atoms with Crippen molar-refractivity contribution in [1.82, 2.24) is 5.32 Å². The van der Waals surface area contributed by atoms with Gasteiger partial charge in [-0.3, -0.25) is 9.59 Å². The minimum absolute atomic E-state index is 0.00916. The molecule has 22 heavy (non-hydrogen) atoms. The largest absolute Gasteiger partial charge is 0.469 e. The summed E-state index contributed by atoms with van der Waals surface area (Å²) in [6.07, 6.45) is 2.46. The lowest BCUT2D eigenvalue weighted by molar-refractivity contribution is -0.897. The summed E-state index contributed by atoms with van der Waals surface area (Å²) in [7, 11) is 1.43. The SMILES string of the molecule is COC(=O)C1CC[NH+](CC(=O)NCCc2ccccc2)CC1. The predicted molar refractivity (Wildman–Crippen MR) is 83.5 cm³/mol. The highest BCUT2D eigenvalue weighted by atomic mass is 16.5. The lowest BCUT2D eigenvalue weighted by atomic mass is 9.97. The number of likely N-dealkylation sites (tertiary alicyclic amines) is 1. The molecule has 0 atom stereocenters. The zero-order valence-corrected chi connectivity index (χ0v) is 13.1. The molecule has 1 saturated heterocycles. The Hall–Kier alpha value is -1.88. The summed E-state index contributed by atoms with van der Waals surface area (Å²) in [6.45, 7) is 2.86. The molecule has 1 aliphatic heterocycles. The van der Waals surface area contributed by atoms with E-state index in [-0.39, 0.29) is 17.8 Å². The lowest BCUT2D eigenvalue weighted by Crippen LogP contribution is -3.14. The van der Waals surface area contributed by atoms with E-state index in [4.69, 9.17) is 4.74 Å². The molecule has 0 spiro atoms. The molecule has 1 aromatic rings. The number of nitrogens with one attached hydrogen (secondary N) is 2. The van der Waals surface area contributed by atoms with Crippen molar-refractivity contribution in [1.29, 1.82) is 0 Å². The monoisotopic (exact) mass is 305 g/mol.